The summed E-state index contributed by atoms with van der Waals surface area (Å²) in [6, 6.07) is 1.85. The van der Waals surface area contributed by atoms with E-state index in [1.54, 1.807) is 0 Å². The van der Waals surface area contributed by atoms with Gasteiger partial charge in [0.2, 0.25) is 5.82 Å². The van der Waals surface area contributed by atoms with Gasteiger partial charge >= 0.3 is 17.6 Å². The molecule has 0 saturated heterocycles. The monoisotopic (exact) mass is 376 g/mol. The maximum absolute atomic E-state index is 11.8. The molecule has 0 aromatic carbocycles. The van der Waals surface area contributed by atoms with E-state index in [9.17, 15) is 14.5 Å². The van der Waals surface area contributed by atoms with Gasteiger partial charge in [0.25, 0.3) is 4.92 Å². The number of methoxy groups -OCH3 is 2. The van der Waals surface area contributed by atoms with E-state index in [1.165, 1.54) is 33.5 Å². The minimum atomic E-state index is -0.922. The summed E-state index contributed by atoms with van der Waals surface area (Å²) in [5.74, 6) is -1.09. The Balaban J connectivity index is 0.00000277. The van der Waals surface area contributed by atoms with E-state index in [1.807, 2.05) is 13.8 Å². The van der Waals surface area contributed by atoms with Gasteiger partial charge in [-0.1, -0.05) is 25.4 Å². The first-order valence-electron chi connectivity index (χ1n) is 7.52. The molecule has 1 heterocycles. The lowest BCUT2D eigenvalue weighted by Crippen LogP contribution is -2.32. The summed E-state index contributed by atoms with van der Waals surface area (Å²) in [4.78, 5) is 43.5. The molecule has 0 amide bonds. The number of carbonyl (C=O) groups excluding carboxylic acids is 2. The highest BCUT2D eigenvalue weighted by atomic mass is 35.5. The van der Waals surface area contributed by atoms with Crippen LogP contribution in [-0.2, 0) is 23.9 Å². The second-order valence-corrected chi connectivity index (χ2v) is 4.66. The van der Waals surface area contributed by atoms with Gasteiger partial charge in [0.15, 0.2) is 7.11 Å². The lowest BCUT2D eigenvalue weighted by molar-refractivity contribution is -0.736. The molecular weight excluding hydrogens is 354 g/mol. The second-order valence-electron chi connectivity index (χ2n) is 4.28. The topological polar surface area (TPSA) is 107 Å². The maximum Gasteiger partial charge on any atom is 0.358 e. The van der Waals surface area contributed by atoms with Gasteiger partial charge in [-0.3, -0.25) is 4.79 Å². The van der Waals surface area contributed by atoms with Crippen molar-refractivity contribution in [3.63, 3.8) is 0 Å². The average Bonchev–Trinajstić information content (AvgIpc) is 2.65. The fourth-order valence-corrected chi connectivity index (χ4v) is 1.85. The third kappa shape index (κ3) is 7.34. The largest absolute Gasteiger partial charge is 0.469 e. The molecule has 0 bridgehead atoms. The molecule has 140 valence electrons. The van der Waals surface area contributed by atoms with E-state index in [4.69, 9.17) is 11.6 Å². The number of pyridine rings is 1. The number of hydrogen-bond acceptors (Lipinski definition) is 8. The number of nitrogens with zero attached hydrogens (tertiary/aromatic N) is 2. The smallest absolute Gasteiger partial charge is 0.358 e. The van der Waals surface area contributed by atoms with Crippen LogP contribution < -0.4 is 5.32 Å². The summed E-state index contributed by atoms with van der Waals surface area (Å²) in [5, 5.41) is 2.84. The lowest BCUT2D eigenvalue weighted by Gasteiger charge is -2.16. The van der Waals surface area contributed by atoms with Gasteiger partial charge in [-0.05, 0) is 12.5 Å². The van der Waals surface area contributed by atoms with Crippen molar-refractivity contribution in [1.29, 1.82) is 0 Å². The molecule has 1 aromatic heterocycles. The second kappa shape index (κ2) is 12.0. The van der Waals surface area contributed by atoms with Crippen molar-refractivity contribution in [3.8, 4) is 0 Å². The standard InChI is InChI=1S/C13H17ClN3O6.C2H6/c1-21-11(18)7-4-8(13(19)22-2)15-12-9(17(20)23-3)5-6-10(14)16-12;1-2/h5-6,8H,4,7H2,1-3H3,(H,15,16);1-2H3/q+1;. The van der Waals surface area contributed by atoms with Crippen molar-refractivity contribution in [2.45, 2.75) is 32.7 Å². The molecule has 0 saturated carbocycles. The quantitative estimate of drug-likeness (QED) is 0.419. The number of anilines is 1. The van der Waals surface area contributed by atoms with Gasteiger partial charge in [0.1, 0.15) is 11.2 Å². The number of halogens is 1. The summed E-state index contributed by atoms with van der Waals surface area (Å²) in [6.45, 7) is 4.00. The summed E-state index contributed by atoms with van der Waals surface area (Å²) >= 11 is 5.81. The van der Waals surface area contributed by atoms with E-state index >= 15 is 0 Å². The number of rotatable bonds is 8. The highest BCUT2D eigenvalue weighted by molar-refractivity contribution is 6.29. The summed E-state index contributed by atoms with van der Waals surface area (Å²) < 4.78 is 9.20. The lowest BCUT2D eigenvalue weighted by atomic mass is 10.1. The zero-order valence-corrected chi connectivity index (χ0v) is 15.6. The van der Waals surface area contributed by atoms with Crippen LogP contribution in [-0.4, -0.2) is 49.2 Å². The first-order valence-corrected chi connectivity index (χ1v) is 7.89. The molecule has 1 aromatic rings. The minimum absolute atomic E-state index is 0.0175. The van der Waals surface area contributed by atoms with E-state index in [0.717, 1.165) is 0 Å². The fraction of sp³-hybridized carbons (Fsp3) is 0.533. The van der Waals surface area contributed by atoms with Crippen molar-refractivity contribution in [3.05, 3.63) is 22.2 Å². The molecule has 1 unspecified atom stereocenters. The predicted molar refractivity (Wildman–Crippen MR) is 91.6 cm³/mol. The van der Waals surface area contributed by atoms with Crippen molar-refractivity contribution in [1.82, 2.24) is 4.98 Å². The van der Waals surface area contributed by atoms with Crippen LogP contribution in [0.5, 0.6) is 0 Å². The predicted octanol–water partition coefficient (Wildman–Crippen LogP) is 2.64. The molecule has 0 aliphatic heterocycles. The van der Waals surface area contributed by atoms with Crippen LogP contribution in [0.3, 0.4) is 0 Å². The molecular formula is C15H23ClN3O6+. The Morgan fingerprint density at radius 3 is 2.40 bits per heavy atom. The van der Waals surface area contributed by atoms with Gasteiger partial charge in [-0.2, -0.15) is 0 Å². The molecule has 0 aliphatic rings. The van der Waals surface area contributed by atoms with Gasteiger partial charge in [0, 0.05) is 12.5 Å². The van der Waals surface area contributed by atoms with Gasteiger partial charge in [-0.15, -0.1) is 0 Å². The number of esters is 2. The van der Waals surface area contributed by atoms with E-state index in [2.05, 4.69) is 24.6 Å². The van der Waals surface area contributed by atoms with Gasteiger partial charge in [-0.25, -0.2) is 14.6 Å². The number of hydrogen-bond donors (Lipinski definition) is 1. The highest BCUT2D eigenvalue weighted by Crippen LogP contribution is 2.26. The van der Waals surface area contributed by atoms with Gasteiger partial charge < -0.3 is 14.8 Å². The Morgan fingerprint density at radius 1 is 1.24 bits per heavy atom. The third-order valence-electron chi connectivity index (χ3n) is 2.86. The van der Waals surface area contributed by atoms with Crippen molar-refractivity contribution < 1.29 is 28.8 Å². The van der Waals surface area contributed by atoms with Crippen LogP contribution in [0, 0.1) is 4.91 Å². The molecule has 0 spiro atoms. The van der Waals surface area contributed by atoms with Crippen LogP contribution in [0.25, 0.3) is 0 Å². The van der Waals surface area contributed by atoms with Gasteiger partial charge in [0.05, 0.1) is 19.1 Å². The number of nitrogens with one attached hydrogen (secondary N) is 1. The molecule has 0 aliphatic carbocycles. The van der Waals surface area contributed by atoms with E-state index in [-0.39, 0.29) is 34.4 Å². The molecule has 0 radical (unpaired) electrons. The number of ether oxygens (including phenoxy) is 2. The molecule has 0 fully saturated rings. The first-order chi connectivity index (χ1) is 11.9. The summed E-state index contributed by atoms with van der Waals surface area (Å²) in [6.07, 6.45) is 0.0589. The van der Waals surface area contributed by atoms with Crippen molar-refractivity contribution >= 4 is 35.0 Å². The van der Waals surface area contributed by atoms with Crippen LogP contribution in [0.1, 0.15) is 26.7 Å². The Morgan fingerprint density at radius 2 is 1.88 bits per heavy atom. The molecule has 9 nitrogen and oxygen atoms in total. The maximum atomic E-state index is 11.8. The average molecular weight is 377 g/mol. The Labute approximate surface area is 151 Å². The van der Waals surface area contributed by atoms with E-state index in [0.29, 0.717) is 0 Å². The van der Waals surface area contributed by atoms with Crippen LogP contribution >= 0.6 is 11.6 Å². The SMILES string of the molecule is CC.COC(=O)CCC(Nc1nc(Cl)ccc1[N+](=O)OC)C(=O)OC. The molecule has 25 heavy (non-hydrogen) atoms. The zero-order chi connectivity index (χ0) is 19.4. The number of carbonyl (C=O) groups is 2. The Hall–Kier alpha value is -2.42. The molecule has 1 atom stereocenters. The normalized spacial score (nSPS) is 10.6. The Kier molecular flexibility index (Phi) is 10.9. The van der Waals surface area contributed by atoms with Crippen LogP contribution in [0.4, 0.5) is 11.5 Å². The summed E-state index contributed by atoms with van der Waals surface area (Å²) in [7, 11) is 3.63. The fourth-order valence-electron chi connectivity index (χ4n) is 1.70. The molecule has 10 heteroatoms. The Bertz CT molecular complexity index is 597. The zero-order valence-electron chi connectivity index (χ0n) is 14.9. The van der Waals surface area contributed by atoms with Crippen molar-refractivity contribution in [2.75, 3.05) is 26.6 Å². The summed E-state index contributed by atoms with van der Waals surface area (Å²) in [5.41, 5.74) is 0.0175. The first kappa shape index (κ1) is 22.6. The molecule has 1 rings (SSSR count). The minimum Gasteiger partial charge on any atom is -0.469 e. The third-order valence-corrected chi connectivity index (χ3v) is 3.07. The van der Waals surface area contributed by atoms with E-state index < -0.39 is 18.0 Å². The number of aromatic nitrogens is 1. The molecule has 1 N–H and O–H groups in total. The van der Waals surface area contributed by atoms with Crippen LogP contribution in [0.15, 0.2) is 12.1 Å². The van der Waals surface area contributed by atoms with Crippen molar-refractivity contribution in [2.24, 2.45) is 0 Å². The highest BCUT2D eigenvalue weighted by Gasteiger charge is 2.28. The van der Waals surface area contributed by atoms with Crippen LogP contribution in [0.2, 0.25) is 5.15 Å².